The van der Waals surface area contributed by atoms with Crippen LogP contribution < -0.4 is 11.1 Å². The fourth-order valence-electron chi connectivity index (χ4n) is 2.00. The number of hydrogen-bond donors (Lipinski definition) is 2. The molecule has 1 fully saturated rings. The summed E-state index contributed by atoms with van der Waals surface area (Å²) in [6, 6.07) is 0.357. The molecule has 1 unspecified atom stereocenters. The van der Waals surface area contributed by atoms with Crippen molar-refractivity contribution in [1.82, 2.24) is 9.97 Å². The van der Waals surface area contributed by atoms with Gasteiger partial charge in [-0.25, -0.2) is 9.37 Å². The number of hydrogen-bond acceptors (Lipinski definition) is 4. The van der Waals surface area contributed by atoms with Gasteiger partial charge < -0.3 is 11.1 Å². The van der Waals surface area contributed by atoms with Gasteiger partial charge in [-0.2, -0.15) is 4.98 Å². The minimum absolute atomic E-state index is 0.0454. The first kappa shape index (κ1) is 11.5. The predicted octanol–water partition coefficient (Wildman–Crippen LogP) is 1.95. The van der Waals surface area contributed by atoms with Crippen LogP contribution in [0, 0.1) is 5.82 Å². The zero-order valence-corrected chi connectivity index (χ0v) is 9.54. The molecule has 0 spiro atoms. The van der Waals surface area contributed by atoms with Gasteiger partial charge in [0.2, 0.25) is 5.28 Å². The van der Waals surface area contributed by atoms with Crippen LogP contribution in [0.1, 0.15) is 25.7 Å². The Labute approximate surface area is 98.4 Å². The molecule has 1 aromatic heterocycles. The lowest BCUT2D eigenvalue weighted by Crippen LogP contribution is -2.35. The summed E-state index contributed by atoms with van der Waals surface area (Å²) in [5, 5.41) is 3.08. The van der Waals surface area contributed by atoms with Gasteiger partial charge in [0.25, 0.3) is 0 Å². The van der Waals surface area contributed by atoms with Crippen LogP contribution in [-0.2, 0) is 0 Å². The Balaban J connectivity index is 2.05. The molecule has 88 valence electrons. The van der Waals surface area contributed by atoms with E-state index >= 15 is 0 Å². The van der Waals surface area contributed by atoms with Crippen molar-refractivity contribution in [2.24, 2.45) is 5.73 Å². The number of aromatic nitrogens is 2. The Bertz CT molecular complexity index is 374. The fraction of sp³-hybridized carbons (Fsp3) is 0.600. The molecule has 1 aliphatic rings. The first-order valence-electron chi connectivity index (χ1n) is 5.35. The molecule has 0 bridgehead atoms. The molecule has 0 aliphatic heterocycles. The highest BCUT2D eigenvalue weighted by molar-refractivity contribution is 6.28. The van der Waals surface area contributed by atoms with Crippen molar-refractivity contribution >= 4 is 17.4 Å². The lowest BCUT2D eigenvalue weighted by Gasteiger charge is -2.27. The third kappa shape index (κ3) is 2.80. The Hall–Kier alpha value is -0.940. The summed E-state index contributed by atoms with van der Waals surface area (Å²) < 4.78 is 13.3. The molecule has 3 N–H and O–H groups in total. The molecule has 0 aromatic carbocycles. The van der Waals surface area contributed by atoms with E-state index in [9.17, 15) is 4.39 Å². The van der Waals surface area contributed by atoms with Crippen LogP contribution in [0.3, 0.4) is 0 Å². The maximum atomic E-state index is 13.3. The summed E-state index contributed by atoms with van der Waals surface area (Å²) in [5.74, 6) is -0.317. The van der Waals surface area contributed by atoms with E-state index in [2.05, 4.69) is 15.3 Å². The summed E-state index contributed by atoms with van der Waals surface area (Å²) in [4.78, 5) is 7.38. The third-order valence-electron chi connectivity index (χ3n) is 2.77. The summed E-state index contributed by atoms with van der Waals surface area (Å²) in [7, 11) is 0. The van der Waals surface area contributed by atoms with Gasteiger partial charge in [0.1, 0.15) is 0 Å². The number of rotatable bonds is 2. The molecule has 2 rings (SSSR count). The largest absolute Gasteiger partial charge is 0.365 e. The van der Waals surface area contributed by atoms with Crippen LogP contribution in [0.4, 0.5) is 10.2 Å². The summed E-state index contributed by atoms with van der Waals surface area (Å²) in [6.07, 6.45) is 4.97. The molecule has 0 saturated heterocycles. The fourth-order valence-corrected chi connectivity index (χ4v) is 2.13. The predicted molar refractivity (Wildman–Crippen MR) is 60.9 cm³/mol. The second-order valence-electron chi connectivity index (χ2n) is 4.10. The topological polar surface area (TPSA) is 63.8 Å². The maximum absolute atomic E-state index is 13.3. The molecule has 6 heteroatoms. The minimum atomic E-state index is -0.483. The number of nitrogens with one attached hydrogen (secondary N) is 1. The van der Waals surface area contributed by atoms with E-state index < -0.39 is 5.82 Å². The highest BCUT2D eigenvalue weighted by Crippen LogP contribution is 2.21. The minimum Gasteiger partial charge on any atom is -0.365 e. The monoisotopic (exact) mass is 244 g/mol. The van der Waals surface area contributed by atoms with E-state index in [0.29, 0.717) is 0 Å². The van der Waals surface area contributed by atoms with E-state index in [-0.39, 0.29) is 23.2 Å². The lowest BCUT2D eigenvalue weighted by molar-refractivity contribution is 0.407. The molecule has 0 radical (unpaired) electrons. The Kier molecular flexibility index (Phi) is 3.56. The summed E-state index contributed by atoms with van der Waals surface area (Å²) in [6.45, 7) is 0. The van der Waals surface area contributed by atoms with Crippen molar-refractivity contribution in [2.75, 3.05) is 5.32 Å². The molecule has 2 atom stereocenters. The summed E-state index contributed by atoms with van der Waals surface area (Å²) in [5.41, 5.74) is 5.85. The average Bonchev–Trinajstić information content (AvgIpc) is 2.24. The number of halogens is 2. The van der Waals surface area contributed by atoms with Gasteiger partial charge in [-0.05, 0) is 37.3 Å². The molecular weight excluding hydrogens is 231 g/mol. The molecule has 1 heterocycles. The van der Waals surface area contributed by atoms with Crippen molar-refractivity contribution in [3.63, 3.8) is 0 Å². The molecule has 4 nitrogen and oxygen atoms in total. The standard InChI is InChI=1S/C10H14ClFN4/c11-10-14-5-8(12)9(16-10)15-7-3-1-2-6(13)4-7/h5-7H,1-4,13H2,(H,14,15,16)/t6?,7-/m1/s1. The van der Waals surface area contributed by atoms with E-state index in [1.165, 1.54) is 0 Å². The summed E-state index contributed by atoms with van der Waals surface area (Å²) >= 11 is 5.61. The molecule has 1 saturated carbocycles. The maximum Gasteiger partial charge on any atom is 0.224 e. The second kappa shape index (κ2) is 4.93. The van der Waals surface area contributed by atoms with Crippen LogP contribution in [0.2, 0.25) is 5.28 Å². The molecular formula is C10H14ClFN4. The smallest absolute Gasteiger partial charge is 0.224 e. The Morgan fingerprint density at radius 3 is 3.06 bits per heavy atom. The number of nitrogens with zero attached hydrogens (tertiary/aromatic N) is 2. The van der Waals surface area contributed by atoms with Gasteiger partial charge in [-0.3, -0.25) is 0 Å². The van der Waals surface area contributed by atoms with Gasteiger partial charge in [0.15, 0.2) is 11.6 Å². The Morgan fingerprint density at radius 1 is 1.50 bits per heavy atom. The van der Waals surface area contributed by atoms with Crippen molar-refractivity contribution in [3.05, 3.63) is 17.3 Å². The molecule has 16 heavy (non-hydrogen) atoms. The van der Waals surface area contributed by atoms with Gasteiger partial charge in [-0.1, -0.05) is 0 Å². The van der Waals surface area contributed by atoms with Crippen molar-refractivity contribution in [2.45, 2.75) is 37.8 Å². The first-order chi connectivity index (χ1) is 7.65. The van der Waals surface area contributed by atoms with E-state index in [4.69, 9.17) is 17.3 Å². The van der Waals surface area contributed by atoms with Gasteiger partial charge in [0, 0.05) is 12.1 Å². The van der Waals surface area contributed by atoms with Crippen LogP contribution in [-0.4, -0.2) is 22.1 Å². The number of anilines is 1. The van der Waals surface area contributed by atoms with Gasteiger partial charge in [-0.15, -0.1) is 0 Å². The normalized spacial score (nSPS) is 25.4. The average molecular weight is 245 g/mol. The van der Waals surface area contributed by atoms with Crippen LogP contribution in [0.25, 0.3) is 0 Å². The van der Waals surface area contributed by atoms with Crippen molar-refractivity contribution in [3.8, 4) is 0 Å². The third-order valence-corrected chi connectivity index (χ3v) is 2.95. The highest BCUT2D eigenvalue weighted by Gasteiger charge is 2.20. The number of nitrogens with two attached hydrogens (primary N) is 1. The second-order valence-corrected chi connectivity index (χ2v) is 4.44. The van der Waals surface area contributed by atoms with Crippen molar-refractivity contribution < 1.29 is 4.39 Å². The van der Waals surface area contributed by atoms with Crippen LogP contribution >= 0.6 is 11.6 Å². The van der Waals surface area contributed by atoms with E-state index in [0.717, 1.165) is 31.9 Å². The molecule has 0 amide bonds. The van der Waals surface area contributed by atoms with Gasteiger partial charge >= 0.3 is 0 Å². The van der Waals surface area contributed by atoms with Crippen molar-refractivity contribution in [1.29, 1.82) is 0 Å². The Morgan fingerprint density at radius 2 is 2.31 bits per heavy atom. The van der Waals surface area contributed by atoms with E-state index in [1.54, 1.807) is 0 Å². The lowest BCUT2D eigenvalue weighted by atomic mass is 9.92. The molecule has 1 aliphatic carbocycles. The van der Waals surface area contributed by atoms with E-state index in [1.807, 2.05) is 0 Å². The SMILES string of the molecule is NC1CCC[C@@H](Nc2nc(Cl)ncc2F)C1. The zero-order valence-electron chi connectivity index (χ0n) is 8.79. The van der Waals surface area contributed by atoms with Gasteiger partial charge in [0.05, 0.1) is 6.20 Å². The van der Waals surface area contributed by atoms with Crippen LogP contribution in [0.5, 0.6) is 0 Å². The first-order valence-corrected chi connectivity index (χ1v) is 5.73. The molecule has 1 aromatic rings. The zero-order chi connectivity index (χ0) is 11.5. The highest BCUT2D eigenvalue weighted by atomic mass is 35.5. The quantitative estimate of drug-likeness (QED) is 0.781. The van der Waals surface area contributed by atoms with Crippen LogP contribution in [0.15, 0.2) is 6.20 Å².